The maximum Gasteiger partial charge on any atom is 0.338 e. The summed E-state index contributed by atoms with van der Waals surface area (Å²) in [6, 6.07) is 24.1. The molecule has 0 bridgehead atoms. The van der Waals surface area contributed by atoms with Gasteiger partial charge in [-0.05, 0) is 147 Å². The lowest BCUT2D eigenvalue weighted by Crippen LogP contribution is -2.24. The van der Waals surface area contributed by atoms with E-state index in [9.17, 15) is 19.2 Å². The molecule has 2 fully saturated rings. The molecular formula is C57H74N4O8. The largest absolute Gasteiger partial charge is 0.459 e. The average molecular weight is 943 g/mol. The molecule has 2 aliphatic carbocycles. The number of benzene rings is 4. The van der Waals surface area contributed by atoms with Crippen molar-refractivity contribution in [3.05, 3.63) is 130 Å². The van der Waals surface area contributed by atoms with Gasteiger partial charge < -0.3 is 41.9 Å². The highest BCUT2D eigenvalue weighted by atomic mass is 16.6. The minimum Gasteiger partial charge on any atom is -0.459 e. The molecule has 0 radical (unpaired) electrons. The van der Waals surface area contributed by atoms with Crippen molar-refractivity contribution < 1.29 is 38.1 Å². The summed E-state index contributed by atoms with van der Waals surface area (Å²) in [5, 5.41) is 0. The van der Waals surface area contributed by atoms with Crippen molar-refractivity contribution in [2.75, 3.05) is 22.9 Å². The van der Waals surface area contributed by atoms with E-state index in [1.165, 1.54) is 69.9 Å². The Bertz CT molecular complexity index is 2290. The van der Waals surface area contributed by atoms with Gasteiger partial charge in [-0.2, -0.15) is 0 Å². The van der Waals surface area contributed by atoms with Crippen molar-refractivity contribution in [2.24, 2.45) is 11.8 Å². The monoisotopic (exact) mass is 943 g/mol. The van der Waals surface area contributed by atoms with E-state index in [2.05, 4.69) is 13.8 Å². The van der Waals surface area contributed by atoms with Gasteiger partial charge in [0, 0.05) is 46.0 Å². The zero-order valence-electron chi connectivity index (χ0n) is 40.7. The lowest BCUT2D eigenvalue weighted by Gasteiger charge is -2.28. The molecule has 0 amide bonds. The second-order valence-corrected chi connectivity index (χ2v) is 18.5. The van der Waals surface area contributed by atoms with Crippen LogP contribution in [0.1, 0.15) is 166 Å². The standard InChI is InChI=1S/C29H38N2O4.C28H36N2O4/c1-2-3-4-5-6-21-9-15-26(16-10-21)35-29(33)23-12-7-22(8-13-23)11-18-28(32)34-20-24-19-25(30)14-17-27(24)31;1-2-3-4-5-20-8-14-25(15-9-20)34-28(32)22-11-6-21(7-12-22)10-17-27(31)33-19-23-18-24(29)13-16-26(23)30/h7-8,11-14,17-19,21,26H,2-6,9-10,15-16,20,30-31H2,1H3;6-7,10-13,16-18,20,25H,2-5,8-9,14-15,19,29-30H2,1H3/b18-11+;17-10+. The van der Waals surface area contributed by atoms with E-state index in [0.29, 0.717) is 45.0 Å². The fraction of sp³-hybridized carbons (Fsp3) is 0.439. The van der Waals surface area contributed by atoms with E-state index in [1.807, 2.05) is 0 Å². The van der Waals surface area contributed by atoms with Crippen LogP contribution < -0.4 is 22.9 Å². The van der Waals surface area contributed by atoms with Crippen LogP contribution in [0.15, 0.2) is 97.1 Å². The van der Waals surface area contributed by atoms with E-state index in [1.54, 1.807) is 97.1 Å². The van der Waals surface area contributed by atoms with Gasteiger partial charge in [-0.3, -0.25) is 0 Å². The Hall–Kier alpha value is -6.56. The number of ether oxygens (including phenoxy) is 4. The minimum atomic E-state index is -0.490. The summed E-state index contributed by atoms with van der Waals surface area (Å²) in [5.74, 6) is 0.00670. The molecule has 4 aromatic carbocycles. The van der Waals surface area contributed by atoms with Crippen molar-refractivity contribution in [3.63, 3.8) is 0 Å². The lowest BCUT2D eigenvalue weighted by atomic mass is 9.84. The van der Waals surface area contributed by atoms with Gasteiger partial charge in [-0.15, -0.1) is 0 Å². The highest BCUT2D eigenvalue weighted by molar-refractivity contribution is 5.91. The smallest absolute Gasteiger partial charge is 0.338 e. The molecule has 0 aliphatic heterocycles. The Balaban J connectivity index is 0.000000258. The Morgan fingerprint density at radius 2 is 0.870 bits per heavy atom. The second kappa shape index (κ2) is 28.7. The number of nitrogen functional groups attached to an aromatic ring is 4. The van der Waals surface area contributed by atoms with E-state index in [-0.39, 0.29) is 37.4 Å². The maximum atomic E-state index is 12.6. The van der Waals surface area contributed by atoms with Crippen molar-refractivity contribution in [1.29, 1.82) is 0 Å². The summed E-state index contributed by atoms with van der Waals surface area (Å²) in [7, 11) is 0. The zero-order valence-corrected chi connectivity index (χ0v) is 40.7. The molecule has 0 heterocycles. The first-order chi connectivity index (χ1) is 33.4. The summed E-state index contributed by atoms with van der Waals surface area (Å²) in [6.07, 6.45) is 26.1. The van der Waals surface area contributed by atoms with Gasteiger partial charge in [0.15, 0.2) is 0 Å². The van der Waals surface area contributed by atoms with Gasteiger partial charge in [0.1, 0.15) is 25.4 Å². The quantitative estimate of drug-likeness (QED) is 0.0202. The lowest BCUT2D eigenvalue weighted by molar-refractivity contribution is -0.139. The molecule has 4 aromatic rings. The third-order valence-electron chi connectivity index (χ3n) is 13.0. The molecule has 0 spiro atoms. The Morgan fingerprint density at radius 3 is 1.26 bits per heavy atom. The molecule has 0 aromatic heterocycles. The molecule has 12 heteroatoms. The summed E-state index contributed by atoms with van der Waals surface area (Å²) in [4.78, 5) is 49.1. The second-order valence-electron chi connectivity index (χ2n) is 18.5. The number of hydrogen-bond acceptors (Lipinski definition) is 12. The number of anilines is 4. The molecule has 0 saturated heterocycles. The van der Waals surface area contributed by atoms with E-state index in [0.717, 1.165) is 74.3 Å². The number of nitrogens with two attached hydrogens (primary N) is 4. The third-order valence-corrected chi connectivity index (χ3v) is 13.0. The maximum absolute atomic E-state index is 12.6. The molecule has 6 rings (SSSR count). The molecule has 0 atom stereocenters. The number of hydrogen-bond donors (Lipinski definition) is 4. The highest BCUT2D eigenvalue weighted by Crippen LogP contribution is 2.32. The van der Waals surface area contributed by atoms with Gasteiger partial charge in [0.05, 0.1) is 11.1 Å². The van der Waals surface area contributed by atoms with Crippen LogP contribution in [0.2, 0.25) is 0 Å². The van der Waals surface area contributed by atoms with Gasteiger partial charge in [0.2, 0.25) is 0 Å². The van der Waals surface area contributed by atoms with Crippen LogP contribution in [0.5, 0.6) is 0 Å². The van der Waals surface area contributed by atoms with Crippen LogP contribution >= 0.6 is 0 Å². The van der Waals surface area contributed by atoms with Crippen LogP contribution in [0.25, 0.3) is 12.2 Å². The Morgan fingerprint density at radius 1 is 0.493 bits per heavy atom. The van der Waals surface area contributed by atoms with E-state index in [4.69, 9.17) is 41.9 Å². The van der Waals surface area contributed by atoms with Crippen LogP contribution in [0, 0.1) is 11.8 Å². The number of rotatable bonds is 21. The van der Waals surface area contributed by atoms with Crippen molar-refractivity contribution in [1.82, 2.24) is 0 Å². The Kier molecular flexibility index (Phi) is 22.2. The van der Waals surface area contributed by atoms with Crippen molar-refractivity contribution >= 4 is 58.8 Å². The normalized spacial score (nSPS) is 17.9. The Labute approximate surface area is 409 Å². The first-order valence-electron chi connectivity index (χ1n) is 25.0. The molecule has 2 saturated carbocycles. The number of esters is 4. The van der Waals surface area contributed by atoms with Crippen molar-refractivity contribution in [3.8, 4) is 0 Å². The summed E-state index contributed by atoms with van der Waals surface area (Å²) >= 11 is 0. The predicted molar refractivity (Wildman–Crippen MR) is 276 cm³/mol. The summed E-state index contributed by atoms with van der Waals surface area (Å²) in [6.45, 7) is 4.56. The predicted octanol–water partition coefficient (Wildman–Crippen LogP) is 12.2. The van der Waals surface area contributed by atoms with E-state index >= 15 is 0 Å². The molecule has 2 aliphatic rings. The number of carbonyl (C=O) groups is 4. The highest BCUT2D eigenvalue weighted by Gasteiger charge is 2.25. The first kappa shape index (κ1) is 53.4. The number of carbonyl (C=O) groups excluding carboxylic acids is 4. The van der Waals surface area contributed by atoms with Gasteiger partial charge in [0.25, 0.3) is 0 Å². The minimum absolute atomic E-state index is 0.0118. The van der Waals surface area contributed by atoms with Crippen LogP contribution in [-0.4, -0.2) is 36.1 Å². The molecule has 69 heavy (non-hydrogen) atoms. The molecular weight excluding hydrogens is 869 g/mol. The van der Waals surface area contributed by atoms with Gasteiger partial charge >= 0.3 is 23.9 Å². The van der Waals surface area contributed by atoms with E-state index < -0.39 is 11.9 Å². The zero-order chi connectivity index (χ0) is 49.4. The molecule has 370 valence electrons. The van der Waals surface area contributed by atoms with Crippen LogP contribution in [-0.2, 0) is 41.8 Å². The topological polar surface area (TPSA) is 209 Å². The fourth-order valence-electron chi connectivity index (χ4n) is 8.74. The van der Waals surface area contributed by atoms with Gasteiger partial charge in [-0.1, -0.05) is 95.9 Å². The SMILES string of the molecule is CCCCCC1CCC(OC(=O)c2ccc(/C=C/C(=O)OCc3cc(N)ccc3N)cc2)CC1.CCCCCCC1CCC(OC(=O)c2ccc(/C=C/C(=O)OCc3cc(N)ccc3N)cc2)CC1. The molecule has 0 unspecified atom stereocenters. The van der Waals surface area contributed by atoms with Crippen LogP contribution in [0.3, 0.4) is 0 Å². The molecule has 8 N–H and O–H groups in total. The molecule has 12 nitrogen and oxygen atoms in total. The van der Waals surface area contributed by atoms with Gasteiger partial charge in [-0.25, -0.2) is 19.2 Å². The summed E-state index contributed by atoms with van der Waals surface area (Å²) in [5.41, 5.74) is 29.3. The first-order valence-corrected chi connectivity index (χ1v) is 25.0. The fourth-order valence-corrected chi connectivity index (χ4v) is 8.74. The number of unbranched alkanes of at least 4 members (excludes halogenated alkanes) is 5. The third kappa shape index (κ3) is 19.2. The van der Waals surface area contributed by atoms with Crippen molar-refractivity contribution in [2.45, 2.75) is 148 Å². The average Bonchev–Trinajstić information content (AvgIpc) is 3.36. The van der Waals surface area contributed by atoms with Crippen LogP contribution in [0.4, 0.5) is 22.7 Å². The summed E-state index contributed by atoms with van der Waals surface area (Å²) < 4.78 is 21.9.